The van der Waals surface area contributed by atoms with Gasteiger partial charge in [0.1, 0.15) is 5.75 Å². The molecule has 110 valence electrons. The molecule has 0 N–H and O–H groups in total. The summed E-state index contributed by atoms with van der Waals surface area (Å²) in [5, 5.41) is 0.816. The maximum Gasteiger partial charge on any atom is 0.126 e. The van der Waals surface area contributed by atoms with Crippen LogP contribution in [0.25, 0.3) is 0 Å². The molecule has 0 radical (unpaired) electrons. The Kier molecular flexibility index (Phi) is 6.96. The van der Waals surface area contributed by atoms with E-state index in [1.165, 1.54) is 5.56 Å². The van der Waals surface area contributed by atoms with Crippen LogP contribution in [-0.2, 0) is 0 Å². The summed E-state index contributed by atoms with van der Waals surface area (Å²) in [5.41, 5.74) is 3.45. The third kappa shape index (κ3) is 4.18. The fraction of sp³-hybridized carbons (Fsp3) is 0.556. The molecule has 0 aromatic heterocycles. The van der Waals surface area contributed by atoms with Crippen molar-refractivity contribution in [2.75, 3.05) is 6.61 Å². The van der Waals surface area contributed by atoms with Gasteiger partial charge in [0, 0.05) is 23.4 Å². The van der Waals surface area contributed by atoms with E-state index in [1.54, 1.807) is 0 Å². The number of ether oxygens (including phenoxy) is 1. The Morgan fingerprint density at radius 1 is 1.25 bits per heavy atom. The van der Waals surface area contributed by atoms with Gasteiger partial charge in [-0.25, -0.2) is 0 Å². The largest absolute Gasteiger partial charge is 0.493 e. The average molecular weight is 293 g/mol. The van der Waals surface area contributed by atoms with Gasteiger partial charge in [0.05, 0.1) is 6.61 Å². The number of halogens is 1. The molecule has 0 fully saturated rings. The molecule has 1 aromatic carbocycles. The predicted octanol–water partition coefficient (Wildman–Crippen LogP) is 5.65. The van der Waals surface area contributed by atoms with Crippen LogP contribution in [-0.4, -0.2) is 6.61 Å². The Labute approximate surface area is 128 Å². The summed E-state index contributed by atoms with van der Waals surface area (Å²) in [5.74, 6) is 7.70. The Balaban J connectivity index is 3.18. The highest BCUT2D eigenvalue weighted by Crippen LogP contribution is 2.38. The van der Waals surface area contributed by atoms with Crippen molar-refractivity contribution >= 4 is 11.6 Å². The SMILES string of the molecule is CCC#CCC(C)c1c(C)c(Cl)cc(C)c1OCCC. The molecular weight excluding hydrogens is 268 g/mol. The lowest BCUT2D eigenvalue weighted by Gasteiger charge is -2.21. The molecular formula is C18H25ClO. The summed E-state index contributed by atoms with van der Waals surface area (Å²) in [4.78, 5) is 0. The van der Waals surface area contributed by atoms with Crippen LogP contribution >= 0.6 is 11.6 Å². The summed E-state index contributed by atoms with van der Waals surface area (Å²) in [6.45, 7) is 11.3. The molecule has 0 heterocycles. The molecule has 0 aliphatic rings. The number of hydrogen-bond donors (Lipinski definition) is 0. The first-order valence-corrected chi connectivity index (χ1v) is 7.78. The van der Waals surface area contributed by atoms with Crippen molar-refractivity contribution in [2.45, 2.75) is 59.8 Å². The van der Waals surface area contributed by atoms with Crippen LogP contribution in [0, 0.1) is 25.7 Å². The predicted molar refractivity (Wildman–Crippen MR) is 87.8 cm³/mol. The normalized spacial score (nSPS) is 11.7. The van der Waals surface area contributed by atoms with Gasteiger partial charge < -0.3 is 4.74 Å². The van der Waals surface area contributed by atoms with Crippen LogP contribution in [0.4, 0.5) is 0 Å². The maximum absolute atomic E-state index is 6.34. The van der Waals surface area contributed by atoms with Crippen LogP contribution in [0.15, 0.2) is 6.07 Å². The molecule has 0 aliphatic heterocycles. The molecule has 1 rings (SSSR count). The lowest BCUT2D eigenvalue weighted by molar-refractivity contribution is 0.310. The van der Waals surface area contributed by atoms with Crippen molar-refractivity contribution in [2.24, 2.45) is 0 Å². The molecule has 20 heavy (non-hydrogen) atoms. The third-order valence-electron chi connectivity index (χ3n) is 3.36. The smallest absolute Gasteiger partial charge is 0.126 e. The Hall–Kier alpha value is -1.13. The molecule has 0 aliphatic carbocycles. The van der Waals surface area contributed by atoms with E-state index in [-0.39, 0.29) is 0 Å². The topological polar surface area (TPSA) is 9.23 Å². The van der Waals surface area contributed by atoms with E-state index < -0.39 is 0 Å². The summed E-state index contributed by atoms with van der Waals surface area (Å²) in [7, 11) is 0. The minimum absolute atomic E-state index is 0.332. The molecule has 1 atom stereocenters. The highest BCUT2D eigenvalue weighted by molar-refractivity contribution is 6.31. The van der Waals surface area contributed by atoms with Crippen LogP contribution in [0.1, 0.15) is 62.6 Å². The summed E-state index contributed by atoms with van der Waals surface area (Å²) >= 11 is 6.34. The van der Waals surface area contributed by atoms with E-state index in [1.807, 2.05) is 6.07 Å². The van der Waals surface area contributed by atoms with Crippen molar-refractivity contribution in [3.8, 4) is 17.6 Å². The standard InChI is InChI=1S/C18H25ClO/c1-6-8-9-10-13(3)17-15(5)16(19)12-14(4)18(17)20-11-7-2/h12-13H,6-7,10-11H2,1-5H3. The maximum atomic E-state index is 6.34. The molecule has 1 nitrogen and oxygen atoms in total. The van der Waals surface area contributed by atoms with Crippen LogP contribution < -0.4 is 4.74 Å². The zero-order valence-electron chi connectivity index (χ0n) is 13.3. The summed E-state index contributed by atoms with van der Waals surface area (Å²) in [6.07, 6.45) is 2.75. The Morgan fingerprint density at radius 2 is 1.95 bits per heavy atom. The average Bonchev–Trinajstić information content (AvgIpc) is 2.41. The van der Waals surface area contributed by atoms with Crippen LogP contribution in [0.3, 0.4) is 0 Å². The van der Waals surface area contributed by atoms with Crippen molar-refractivity contribution in [3.63, 3.8) is 0 Å². The molecule has 0 bridgehead atoms. The fourth-order valence-electron chi connectivity index (χ4n) is 2.32. The Bertz CT molecular complexity index is 508. The van der Waals surface area contributed by atoms with Crippen molar-refractivity contribution in [3.05, 3.63) is 27.8 Å². The van der Waals surface area contributed by atoms with Gasteiger partial charge in [-0.15, -0.1) is 11.8 Å². The second-order valence-corrected chi connectivity index (χ2v) is 5.61. The third-order valence-corrected chi connectivity index (χ3v) is 3.75. The number of hydrogen-bond acceptors (Lipinski definition) is 1. The monoisotopic (exact) mass is 292 g/mol. The van der Waals surface area contributed by atoms with Gasteiger partial charge in [-0.1, -0.05) is 32.4 Å². The molecule has 0 saturated heterocycles. The molecule has 0 spiro atoms. The number of rotatable bonds is 5. The van der Waals surface area contributed by atoms with E-state index in [0.29, 0.717) is 5.92 Å². The van der Waals surface area contributed by atoms with E-state index in [0.717, 1.165) is 47.8 Å². The molecule has 0 amide bonds. The minimum atomic E-state index is 0.332. The summed E-state index contributed by atoms with van der Waals surface area (Å²) in [6, 6.07) is 2.00. The zero-order chi connectivity index (χ0) is 15.1. The van der Waals surface area contributed by atoms with Gasteiger partial charge in [0.15, 0.2) is 0 Å². The van der Waals surface area contributed by atoms with Gasteiger partial charge in [-0.05, 0) is 43.4 Å². The quantitative estimate of drug-likeness (QED) is 0.637. The molecule has 1 aromatic rings. The van der Waals surface area contributed by atoms with Gasteiger partial charge in [-0.3, -0.25) is 0 Å². The zero-order valence-corrected chi connectivity index (χ0v) is 14.0. The lowest BCUT2D eigenvalue weighted by Crippen LogP contribution is -2.06. The van der Waals surface area contributed by atoms with Crippen molar-refractivity contribution < 1.29 is 4.74 Å². The van der Waals surface area contributed by atoms with Gasteiger partial charge in [-0.2, -0.15) is 0 Å². The lowest BCUT2D eigenvalue weighted by atomic mass is 9.91. The van der Waals surface area contributed by atoms with Crippen LogP contribution in [0.2, 0.25) is 5.02 Å². The second kappa shape index (κ2) is 8.22. The highest BCUT2D eigenvalue weighted by Gasteiger charge is 2.18. The van der Waals surface area contributed by atoms with Gasteiger partial charge >= 0.3 is 0 Å². The highest BCUT2D eigenvalue weighted by atomic mass is 35.5. The second-order valence-electron chi connectivity index (χ2n) is 5.20. The van der Waals surface area contributed by atoms with E-state index in [9.17, 15) is 0 Å². The molecule has 2 heteroatoms. The first kappa shape index (κ1) is 16.9. The van der Waals surface area contributed by atoms with Crippen molar-refractivity contribution in [1.29, 1.82) is 0 Å². The minimum Gasteiger partial charge on any atom is -0.493 e. The van der Waals surface area contributed by atoms with Gasteiger partial charge in [0.25, 0.3) is 0 Å². The fourth-order valence-corrected chi connectivity index (χ4v) is 2.58. The Morgan fingerprint density at radius 3 is 2.55 bits per heavy atom. The van der Waals surface area contributed by atoms with Crippen LogP contribution in [0.5, 0.6) is 5.75 Å². The van der Waals surface area contributed by atoms with Crippen molar-refractivity contribution in [1.82, 2.24) is 0 Å². The van der Waals surface area contributed by atoms with E-state index in [4.69, 9.17) is 16.3 Å². The van der Waals surface area contributed by atoms with E-state index in [2.05, 4.69) is 46.5 Å². The first-order chi connectivity index (χ1) is 9.52. The van der Waals surface area contributed by atoms with Gasteiger partial charge in [0.2, 0.25) is 0 Å². The molecule has 0 saturated carbocycles. The number of benzene rings is 1. The van der Waals surface area contributed by atoms with E-state index >= 15 is 0 Å². The number of aryl methyl sites for hydroxylation is 1. The summed E-state index contributed by atoms with van der Waals surface area (Å²) < 4.78 is 5.97. The molecule has 1 unspecified atom stereocenters. The first-order valence-electron chi connectivity index (χ1n) is 7.40.